The molecule has 0 amide bonds. The van der Waals surface area contributed by atoms with Gasteiger partial charge in [0.1, 0.15) is 0 Å². The van der Waals surface area contributed by atoms with Crippen molar-refractivity contribution in [3.8, 4) is 0 Å². The van der Waals surface area contributed by atoms with Gasteiger partial charge in [-0.2, -0.15) is 0 Å². The van der Waals surface area contributed by atoms with E-state index in [4.69, 9.17) is 0 Å². The van der Waals surface area contributed by atoms with Gasteiger partial charge in [0, 0.05) is 24.6 Å². The van der Waals surface area contributed by atoms with Crippen LogP contribution in [0.15, 0.2) is 24.3 Å². The second kappa shape index (κ2) is 34.5. The smallest absolute Gasteiger partial charge is 0.748 e. The Morgan fingerprint density at radius 3 is 0.920 bits per heavy atom. The van der Waals surface area contributed by atoms with Crippen LogP contribution in [0, 0.1) is 0 Å². The van der Waals surface area contributed by atoms with Crippen LogP contribution in [0.1, 0.15) is 166 Å². The minimum atomic E-state index is -4.22. The maximum atomic E-state index is 11.2. The van der Waals surface area contributed by atoms with E-state index in [0.717, 1.165) is 49.9 Å². The summed E-state index contributed by atoms with van der Waals surface area (Å²) in [5.74, 6) is -0.661. The van der Waals surface area contributed by atoms with Gasteiger partial charge in [-0.05, 0) is 63.0 Å². The van der Waals surface area contributed by atoms with E-state index in [9.17, 15) is 25.9 Å². The van der Waals surface area contributed by atoms with Gasteiger partial charge in [-0.3, -0.25) is 9.80 Å². The first-order chi connectivity index (χ1) is 23.0. The molecule has 0 saturated heterocycles. The van der Waals surface area contributed by atoms with Gasteiger partial charge in [0.15, 0.2) is 0 Å². The molecule has 8 nitrogen and oxygen atoms in total. The number of hydrogen-bond acceptors (Lipinski definition) is 8. The van der Waals surface area contributed by atoms with Crippen molar-refractivity contribution >= 4 is 20.2 Å². The number of rotatable bonds is 34. The molecule has 282 valence electrons. The number of nitrogens with zero attached hydrogens (tertiary/aromatic N) is 2. The molecular weight excluding hydrogens is 691 g/mol. The van der Waals surface area contributed by atoms with Crippen LogP contribution in [0.5, 0.6) is 0 Å². The zero-order valence-electron chi connectivity index (χ0n) is 32.7. The van der Waals surface area contributed by atoms with Crippen LogP contribution in [-0.4, -0.2) is 73.4 Å². The first kappa shape index (κ1) is 53.1. The summed E-state index contributed by atoms with van der Waals surface area (Å²) in [6.07, 6.45) is 26.0. The second-order valence-electron chi connectivity index (χ2n) is 14.0. The van der Waals surface area contributed by atoms with E-state index in [2.05, 4.69) is 47.9 Å². The standard InChI is InChI=1S/C38H72N2O6S2.2Na/c1-3-5-7-9-11-13-15-17-19-21-29-39(31-23-33-47(41,42)43)35-37-25-27-38(28-26-37)36-40(32-24-34-48(44,45)46)30-22-20-18-16-14-12-10-8-6-4-2;;/h25-28H,3-24,29-36H2,1-2H3,(H,41,42,43)(H,44,45,46);;/q;2*+1/p-2. The first-order valence-electron chi connectivity index (χ1n) is 19.4. The Hall–Kier alpha value is 0.960. The largest absolute Gasteiger partial charge is 1.00 e. The van der Waals surface area contributed by atoms with Gasteiger partial charge in [0.25, 0.3) is 0 Å². The molecule has 0 aromatic heterocycles. The van der Waals surface area contributed by atoms with Crippen LogP contribution < -0.4 is 59.1 Å². The van der Waals surface area contributed by atoms with Gasteiger partial charge in [-0.15, -0.1) is 0 Å². The predicted octanol–water partition coefficient (Wildman–Crippen LogP) is 3.01. The van der Waals surface area contributed by atoms with E-state index in [0.29, 0.717) is 39.0 Å². The third-order valence-corrected chi connectivity index (χ3v) is 10.8. The predicted molar refractivity (Wildman–Crippen MR) is 199 cm³/mol. The van der Waals surface area contributed by atoms with Crippen LogP contribution in [0.4, 0.5) is 0 Å². The van der Waals surface area contributed by atoms with Crippen LogP contribution in [0.3, 0.4) is 0 Å². The fourth-order valence-corrected chi connectivity index (χ4v) is 7.35. The summed E-state index contributed by atoms with van der Waals surface area (Å²) in [7, 11) is -8.44. The number of unbranched alkanes of at least 4 members (excludes halogenated alkanes) is 18. The number of benzene rings is 1. The van der Waals surface area contributed by atoms with E-state index in [-0.39, 0.29) is 70.6 Å². The summed E-state index contributed by atoms with van der Waals surface area (Å²) in [5.41, 5.74) is 2.30. The molecule has 0 aliphatic heterocycles. The summed E-state index contributed by atoms with van der Waals surface area (Å²) in [6, 6.07) is 8.47. The van der Waals surface area contributed by atoms with E-state index < -0.39 is 20.2 Å². The summed E-state index contributed by atoms with van der Waals surface area (Å²) in [5, 5.41) is 0. The van der Waals surface area contributed by atoms with Crippen molar-refractivity contribution in [3.05, 3.63) is 35.4 Å². The normalized spacial score (nSPS) is 12.0. The molecule has 0 N–H and O–H groups in total. The maximum Gasteiger partial charge on any atom is 1.00 e. The Bertz CT molecular complexity index is 1020. The van der Waals surface area contributed by atoms with E-state index >= 15 is 0 Å². The quantitative estimate of drug-likeness (QED) is 0.0598. The Balaban J connectivity index is 0. The maximum absolute atomic E-state index is 11.2. The van der Waals surface area contributed by atoms with Crippen LogP contribution in [0.2, 0.25) is 0 Å². The summed E-state index contributed by atoms with van der Waals surface area (Å²) >= 11 is 0. The molecule has 0 spiro atoms. The topological polar surface area (TPSA) is 121 Å². The van der Waals surface area contributed by atoms with Gasteiger partial charge in [0.05, 0.1) is 20.2 Å². The van der Waals surface area contributed by atoms with Crippen LogP contribution >= 0.6 is 0 Å². The van der Waals surface area contributed by atoms with Crippen molar-refractivity contribution < 1.29 is 85.1 Å². The molecule has 1 aromatic carbocycles. The molecule has 0 saturated carbocycles. The fourth-order valence-electron chi connectivity index (χ4n) is 6.38. The van der Waals surface area contributed by atoms with Crippen LogP contribution in [-0.2, 0) is 33.3 Å². The van der Waals surface area contributed by atoms with E-state index in [1.54, 1.807) is 0 Å². The number of hydrogen-bond donors (Lipinski definition) is 0. The van der Waals surface area contributed by atoms with Crippen molar-refractivity contribution in [1.29, 1.82) is 0 Å². The van der Waals surface area contributed by atoms with Crippen molar-refractivity contribution in [2.45, 2.75) is 168 Å². The second-order valence-corrected chi connectivity index (χ2v) is 17.0. The van der Waals surface area contributed by atoms with Gasteiger partial charge >= 0.3 is 59.1 Å². The molecule has 12 heteroatoms. The van der Waals surface area contributed by atoms with Crippen molar-refractivity contribution in [3.63, 3.8) is 0 Å². The fraction of sp³-hybridized carbons (Fsp3) is 0.842. The molecule has 0 heterocycles. The Morgan fingerprint density at radius 1 is 0.420 bits per heavy atom. The molecule has 0 fully saturated rings. The SMILES string of the molecule is CCCCCCCCCCCCN(CCCS(=O)(=O)[O-])Cc1ccc(CN(CCCCCCCCCCCC)CCCS(=O)(=O)[O-])cc1.[Na+].[Na+]. The van der Waals surface area contributed by atoms with Crippen molar-refractivity contribution in [2.75, 3.05) is 37.7 Å². The summed E-state index contributed by atoms with van der Waals surface area (Å²) in [4.78, 5) is 4.54. The minimum absolute atomic E-state index is 0. The molecule has 0 bridgehead atoms. The van der Waals surface area contributed by atoms with Crippen LogP contribution in [0.25, 0.3) is 0 Å². The average molecular weight is 761 g/mol. The molecule has 0 atom stereocenters. The molecule has 1 rings (SSSR count). The Kier molecular flexibility index (Phi) is 36.6. The summed E-state index contributed by atoms with van der Waals surface area (Å²) < 4.78 is 67.2. The van der Waals surface area contributed by atoms with E-state index in [1.165, 1.54) is 103 Å². The van der Waals surface area contributed by atoms with Crippen molar-refractivity contribution in [2.24, 2.45) is 0 Å². The van der Waals surface area contributed by atoms with Gasteiger partial charge < -0.3 is 9.11 Å². The third-order valence-electron chi connectivity index (χ3n) is 9.23. The molecule has 0 aliphatic carbocycles. The zero-order chi connectivity index (χ0) is 35.4. The molecule has 0 aliphatic rings. The third kappa shape index (κ3) is 34.7. The Labute approximate surface area is 353 Å². The molecule has 0 radical (unpaired) electrons. The molecule has 50 heavy (non-hydrogen) atoms. The zero-order valence-corrected chi connectivity index (χ0v) is 38.3. The van der Waals surface area contributed by atoms with Gasteiger partial charge in [-0.25, -0.2) is 16.8 Å². The monoisotopic (exact) mass is 760 g/mol. The van der Waals surface area contributed by atoms with Crippen molar-refractivity contribution in [1.82, 2.24) is 9.80 Å². The van der Waals surface area contributed by atoms with Gasteiger partial charge in [-0.1, -0.05) is 154 Å². The first-order valence-corrected chi connectivity index (χ1v) is 22.6. The van der Waals surface area contributed by atoms with E-state index in [1.807, 2.05) is 0 Å². The van der Waals surface area contributed by atoms with Gasteiger partial charge in [0.2, 0.25) is 0 Å². The molecule has 1 aromatic rings. The average Bonchev–Trinajstić information content (AvgIpc) is 3.02. The Morgan fingerprint density at radius 2 is 0.660 bits per heavy atom. The summed E-state index contributed by atoms with van der Waals surface area (Å²) in [6.45, 7) is 8.82. The minimum Gasteiger partial charge on any atom is -0.748 e. The molecular formula is C38H70N2Na2O6S2. The molecule has 0 unspecified atom stereocenters.